The van der Waals surface area contributed by atoms with Crippen molar-refractivity contribution in [1.82, 2.24) is 4.90 Å². The van der Waals surface area contributed by atoms with Crippen molar-refractivity contribution in [3.05, 3.63) is 12.2 Å². The number of carbonyl (C=O) groups is 1. The molecule has 2 aliphatic rings. The molecule has 1 saturated heterocycles. The third-order valence-electron chi connectivity index (χ3n) is 4.09. The van der Waals surface area contributed by atoms with Gasteiger partial charge >= 0.3 is 0 Å². The summed E-state index contributed by atoms with van der Waals surface area (Å²) in [5, 5.41) is 0. The van der Waals surface area contributed by atoms with Gasteiger partial charge in [-0.05, 0) is 38.0 Å². The third kappa shape index (κ3) is 2.66. The minimum Gasteiger partial charge on any atom is -0.342 e. The van der Waals surface area contributed by atoms with E-state index in [1.165, 1.54) is 25.7 Å². The normalized spacial score (nSPS) is 27.1. The van der Waals surface area contributed by atoms with Crippen LogP contribution in [-0.4, -0.2) is 23.9 Å². The van der Waals surface area contributed by atoms with E-state index in [1.807, 2.05) is 0 Å². The Balaban J connectivity index is 1.86. The molecule has 1 aliphatic heterocycles. The number of hydrogen-bond acceptors (Lipinski definition) is 1. The number of rotatable bonds is 2. The van der Waals surface area contributed by atoms with Gasteiger partial charge in [0.1, 0.15) is 0 Å². The lowest BCUT2D eigenvalue weighted by Gasteiger charge is -2.24. The van der Waals surface area contributed by atoms with Gasteiger partial charge in [0, 0.05) is 19.0 Å². The van der Waals surface area contributed by atoms with Gasteiger partial charge in [-0.1, -0.05) is 25.5 Å². The molecule has 1 atom stereocenters. The number of carbonyl (C=O) groups excluding carboxylic acids is 1. The van der Waals surface area contributed by atoms with Crippen molar-refractivity contribution in [3.63, 3.8) is 0 Å². The molecule has 1 unspecified atom stereocenters. The van der Waals surface area contributed by atoms with Crippen LogP contribution in [0, 0.1) is 11.8 Å². The first-order chi connectivity index (χ1) is 7.81. The number of nitrogens with zero attached hydrogens (tertiary/aromatic N) is 1. The topological polar surface area (TPSA) is 20.3 Å². The predicted octanol–water partition coefficient (Wildman–Crippen LogP) is 2.99. The zero-order chi connectivity index (χ0) is 11.4. The molecular formula is C14H23NO. The van der Waals surface area contributed by atoms with Gasteiger partial charge in [-0.15, -0.1) is 0 Å². The van der Waals surface area contributed by atoms with Crippen molar-refractivity contribution in [2.24, 2.45) is 11.8 Å². The van der Waals surface area contributed by atoms with Crippen molar-refractivity contribution in [2.75, 3.05) is 13.1 Å². The van der Waals surface area contributed by atoms with Gasteiger partial charge in [-0.2, -0.15) is 0 Å². The average Bonchev–Trinajstić information content (AvgIpc) is 2.73. The highest BCUT2D eigenvalue weighted by Gasteiger charge is 2.26. The van der Waals surface area contributed by atoms with Crippen molar-refractivity contribution >= 4 is 5.91 Å². The quantitative estimate of drug-likeness (QED) is 0.656. The average molecular weight is 221 g/mol. The van der Waals surface area contributed by atoms with Gasteiger partial charge < -0.3 is 4.90 Å². The summed E-state index contributed by atoms with van der Waals surface area (Å²) < 4.78 is 0. The summed E-state index contributed by atoms with van der Waals surface area (Å²) in [4.78, 5) is 14.4. The maximum Gasteiger partial charge on any atom is 0.226 e. The Morgan fingerprint density at radius 3 is 2.69 bits per heavy atom. The van der Waals surface area contributed by atoms with E-state index in [-0.39, 0.29) is 5.92 Å². The first-order valence-corrected chi connectivity index (χ1v) is 6.75. The smallest absolute Gasteiger partial charge is 0.226 e. The van der Waals surface area contributed by atoms with E-state index >= 15 is 0 Å². The zero-order valence-corrected chi connectivity index (χ0v) is 10.3. The molecule has 0 N–H and O–H groups in total. The van der Waals surface area contributed by atoms with Crippen LogP contribution in [0.15, 0.2) is 12.2 Å². The van der Waals surface area contributed by atoms with E-state index in [2.05, 4.69) is 24.0 Å². The second-order valence-corrected chi connectivity index (χ2v) is 5.17. The summed E-state index contributed by atoms with van der Waals surface area (Å²) in [6, 6.07) is 0. The van der Waals surface area contributed by atoms with Gasteiger partial charge in [0.05, 0.1) is 0 Å². The number of likely N-dealkylation sites (tertiary alicyclic amines) is 1. The van der Waals surface area contributed by atoms with E-state index in [0.29, 0.717) is 5.91 Å². The maximum absolute atomic E-state index is 12.2. The van der Waals surface area contributed by atoms with Crippen LogP contribution in [0.5, 0.6) is 0 Å². The zero-order valence-electron chi connectivity index (χ0n) is 10.3. The molecule has 2 heteroatoms. The van der Waals surface area contributed by atoms with Crippen LogP contribution in [0.2, 0.25) is 0 Å². The first-order valence-electron chi connectivity index (χ1n) is 6.75. The highest BCUT2D eigenvalue weighted by molar-refractivity contribution is 5.79. The van der Waals surface area contributed by atoms with E-state index in [9.17, 15) is 4.79 Å². The summed E-state index contributed by atoms with van der Waals surface area (Å²) >= 11 is 0. The van der Waals surface area contributed by atoms with Crippen LogP contribution >= 0.6 is 0 Å². The maximum atomic E-state index is 12.2. The van der Waals surface area contributed by atoms with E-state index < -0.39 is 0 Å². The Bertz CT molecular complexity index is 264. The lowest BCUT2D eigenvalue weighted by Crippen LogP contribution is -2.36. The van der Waals surface area contributed by atoms with E-state index in [0.717, 1.165) is 31.8 Å². The molecule has 1 heterocycles. The fourth-order valence-corrected chi connectivity index (χ4v) is 2.87. The third-order valence-corrected chi connectivity index (χ3v) is 4.09. The molecule has 90 valence electrons. The van der Waals surface area contributed by atoms with Gasteiger partial charge in [0.2, 0.25) is 5.91 Å². The number of allylic oxidation sites excluding steroid dienone is 2. The SMILES string of the molecule is CCC1CCCN(C(=O)C2CC=CC2)CC1. The highest BCUT2D eigenvalue weighted by Crippen LogP contribution is 2.24. The minimum absolute atomic E-state index is 0.262. The van der Waals surface area contributed by atoms with Crippen LogP contribution in [0.1, 0.15) is 45.4 Å². The predicted molar refractivity (Wildman–Crippen MR) is 66.1 cm³/mol. The van der Waals surface area contributed by atoms with E-state index in [4.69, 9.17) is 0 Å². The molecule has 1 amide bonds. The van der Waals surface area contributed by atoms with Crippen molar-refractivity contribution in [1.29, 1.82) is 0 Å². The summed E-state index contributed by atoms with van der Waals surface area (Å²) in [6.07, 6.45) is 11.2. The highest BCUT2D eigenvalue weighted by atomic mass is 16.2. The Labute approximate surface area is 98.7 Å². The standard InChI is InChI=1S/C14H23NO/c1-2-12-6-5-10-15(11-9-12)14(16)13-7-3-4-8-13/h3-4,12-13H,2,5-11H2,1H3. The summed E-state index contributed by atoms with van der Waals surface area (Å²) in [5.74, 6) is 1.51. The summed E-state index contributed by atoms with van der Waals surface area (Å²) in [6.45, 7) is 4.25. The monoisotopic (exact) mass is 221 g/mol. The molecule has 0 radical (unpaired) electrons. The van der Waals surface area contributed by atoms with Crippen LogP contribution in [0.3, 0.4) is 0 Å². The largest absolute Gasteiger partial charge is 0.342 e. The Hall–Kier alpha value is -0.790. The second kappa shape index (κ2) is 5.51. The van der Waals surface area contributed by atoms with Crippen molar-refractivity contribution in [2.45, 2.75) is 45.4 Å². The molecule has 1 fully saturated rings. The molecule has 2 rings (SSSR count). The Kier molecular flexibility index (Phi) is 4.03. The lowest BCUT2D eigenvalue weighted by atomic mass is 9.98. The molecule has 0 saturated carbocycles. The first kappa shape index (κ1) is 11.7. The molecule has 0 aromatic rings. The number of hydrogen-bond donors (Lipinski definition) is 0. The van der Waals surface area contributed by atoms with Gasteiger partial charge in [0.15, 0.2) is 0 Å². The molecular weight excluding hydrogens is 198 g/mol. The second-order valence-electron chi connectivity index (χ2n) is 5.17. The van der Waals surface area contributed by atoms with Gasteiger partial charge in [-0.3, -0.25) is 4.79 Å². The lowest BCUT2D eigenvalue weighted by molar-refractivity contribution is -0.135. The van der Waals surface area contributed by atoms with Crippen molar-refractivity contribution in [3.8, 4) is 0 Å². The molecule has 0 bridgehead atoms. The van der Waals surface area contributed by atoms with Crippen molar-refractivity contribution < 1.29 is 4.79 Å². The Morgan fingerprint density at radius 2 is 2.00 bits per heavy atom. The molecule has 16 heavy (non-hydrogen) atoms. The van der Waals surface area contributed by atoms with E-state index in [1.54, 1.807) is 0 Å². The minimum atomic E-state index is 0.262. The Morgan fingerprint density at radius 1 is 1.25 bits per heavy atom. The fraction of sp³-hybridized carbons (Fsp3) is 0.786. The summed E-state index contributed by atoms with van der Waals surface area (Å²) in [7, 11) is 0. The summed E-state index contributed by atoms with van der Waals surface area (Å²) in [5.41, 5.74) is 0. The molecule has 2 nitrogen and oxygen atoms in total. The fourth-order valence-electron chi connectivity index (χ4n) is 2.87. The van der Waals surface area contributed by atoms with Crippen LogP contribution in [-0.2, 0) is 4.79 Å². The molecule has 1 aliphatic carbocycles. The van der Waals surface area contributed by atoms with Crippen LogP contribution in [0.25, 0.3) is 0 Å². The molecule has 0 spiro atoms. The molecule has 0 aromatic carbocycles. The van der Waals surface area contributed by atoms with Crippen LogP contribution in [0.4, 0.5) is 0 Å². The number of amides is 1. The molecule has 0 aromatic heterocycles. The van der Waals surface area contributed by atoms with Crippen LogP contribution < -0.4 is 0 Å². The van der Waals surface area contributed by atoms with Gasteiger partial charge in [-0.25, -0.2) is 0 Å². The van der Waals surface area contributed by atoms with Gasteiger partial charge in [0.25, 0.3) is 0 Å².